The molecule has 2 fully saturated rings. The van der Waals surface area contributed by atoms with Crippen LogP contribution in [-0.4, -0.2) is 47.0 Å². The maximum atomic E-state index is 12.4. The van der Waals surface area contributed by atoms with E-state index in [0.717, 1.165) is 50.5 Å². The summed E-state index contributed by atoms with van der Waals surface area (Å²) in [6.45, 7) is 12.5. The van der Waals surface area contributed by atoms with E-state index in [9.17, 15) is 4.79 Å². The predicted octanol–water partition coefficient (Wildman–Crippen LogP) is 3.35. The molecule has 1 aromatic heterocycles. The minimum atomic E-state index is 0.231. The van der Waals surface area contributed by atoms with Gasteiger partial charge in [0.1, 0.15) is 12.1 Å². The Kier molecular flexibility index (Phi) is 5.30. The maximum absolute atomic E-state index is 12.4. The first-order chi connectivity index (χ1) is 11.9. The quantitative estimate of drug-likeness (QED) is 0.840. The summed E-state index contributed by atoms with van der Waals surface area (Å²) in [5.74, 6) is 2.06. The molecule has 138 valence electrons. The van der Waals surface area contributed by atoms with Crippen molar-refractivity contribution in [3.8, 4) is 0 Å². The van der Waals surface area contributed by atoms with E-state index in [-0.39, 0.29) is 5.41 Å². The Bertz CT molecular complexity index is 630. The van der Waals surface area contributed by atoms with Crippen LogP contribution in [0, 0.1) is 25.2 Å². The van der Waals surface area contributed by atoms with E-state index in [1.807, 2.05) is 6.92 Å². The van der Waals surface area contributed by atoms with Crippen LogP contribution in [0.2, 0.25) is 0 Å². The molecule has 0 aliphatic carbocycles. The fraction of sp³-hybridized carbons (Fsp3) is 0.750. The Morgan fingerprint density at radius 1 is 1.20 bits per heavy atom. The minimum absolute atomic E-state index is 0.231. The van der Waals surface area contributed by atoms with Crippen LogP contribution < -0.4 is 4.90 Å². The van der Waals surface area contributed by atoms with Crippen molar-refractivity contribution in [3.05, 3.63) is 17.6 Å². The van der Waals surface area contributed by atoms with E-state index in [2.05, 4.69) is 40.5 Å². The molecular weight excluding hydrogens is 312 g/mol. The molecule has 0 aromatic carbocycles. The van der Waals surface area contributed by atoms with Gasteiger partial charge in [-0.05, 0) is 45.4 Å². The van der Waals surface area contributed by atoms with E-state index in [4.69, 9.17) is 0 Å². The SMILES string of the molecule is Cc1ncnc(N2CCCC3(CCC(=O)N(CCC(C)C)C3)C2)c1C. The third-order valence-electron chi connectivity index (χ3n) is 6.00. The molecule has 5 nitrogen and oxygen atoms in total. The average molecular weight is 345 g/mol. The molecule has 2 saturated heterocycles. The van der Waals surface area contributed by atoms with Crippen molar-refractivity contribution in [1.29, 1.82) is 0 Å². The molecule has 2 aliphatic rings. The molecule has 0 bridgehead atoms. The van der Waals surface area contributed by atoms with Crippen molar-refractivity contribution in [2.24, 2.45) is 11.3 Å². The number of nitrogens with zero attached hydrogens (tertiary/aromatic N) is 4. The van der Waals surface area contributed by atoms with E-state index in [1.54, 1.807) is 6.33 Å². The first kappa shape index (κ1) is 18.2. The summed E-state index contributed by atoms with van der Waals surface area (Å²) in [5.41, 5.74) is 2.47. The Labute approximate surface area is 151 Å². The van der Waals surface area contributed by atoms with Gasteiger partial charge in [-0.3, -0.25) is 4.79 Å². The van der Waals surface area contributed by atoms with Crippen molar-refractivity contribution >= 4 is 11.7 Å². The van der Waals surface area contributed by atoms with E-state index < -0.39 is 0 Å². The van der Waals surface area contributed by atoms with Gasteiger partial charge in [0.05, 0.1) is 0 Å². The van der Waals surface area contributed by atoms with Gasteiger partial charge in [-0.25, -0.2) is 9.97 Å². The predicted molar refractivity (Wildman–Crippen MR) is 101 cm³/mol. The summed E-state index contributed by atoms with van der Waals surface area (Å²) < 4.78 is 0. The first-order valence-electron chi connectivity index (χ1n) is 9.71. The molecule has 1 aromatic rings. The number of likely N-dealkylation sites (tertiary alicyclic amines) is 1. The summed E-state index contributed by atoms with van der Waals surface area (Å²) in [4.78, 5) is 25.8. The molecule has 25 heavy (non-hydrogen) atoms. The summed E-state index contributed by atoms with van der Waals surface area (Å²) in [6.07, 6.45) is 6.89. The van der Waals surface area contributed by atoms with Crippen molar-refractivity contribution in [3.63, 3.8) is 0 Å². The van der Waals surface area contributed by atoms with Gasteiger partial charge < -0.3 is 9.80 Å². The molecule has 1 unspecified atom stereocenters. The van der Waals surface area contributed by atoms with Gasteiger partial charge in [0, 0.05) is 49.3 Å². The fourth-order valence-electron chi connectivity index (χ4n) is 4.29. The summed E-state index contributed by atoms with van der Waals surface area (Å²) in [5, 5.41) is 0. The first-order valence-corrected chi connectivity index (χ1v) is 9.71. The number of carbonyl (C=O) groups is 1. The summed E-state index contributed by atoms with van der Waals surface area (Å²) in [6, 6.07) is 0. The molecular formula is C20H32N4O. The highest BCUT2D eigenvalue weighted by Crippen LogP contribution is 2.40. The molecule has 1 atom stereocenters. The van der Waals surface area contributed by atoms with Crippen LogP contribution in [0.1, 0.15) is 57.2 Å². The van der Waals surface area contributed by atoms with Gasteiger partial charge in [-0.1, -0.05) is 13.8 Å². The Hall–Kier alpha value is -1.65. The molecule has 0 radical (unpaired) electrons. The van der Waals surface area contributed by atoms with Crippen molar-refractivity contribution in [1.82, 2.24) is 14.9 Å². The second-order valence-corrected chi connectivity index (χ2v) is 8.43. The van der Waals surface area contributed by atoms with Crippen molar-refractivity contribution < 1.29 is 4.79 Å². The molecule has 0 saturated carbocycles. The van der Waals surface area contributed by atoms with E-state index in [0.29, 0.717) is 18.2 Å². The topological polar surface area (TPSA) is 49.3 Å². The molecule has 3 heterocycles. The normalized spacial score (nSPS) is 24.4. The number of anilines is 1. The molecule has 1 amide bonds. The number of hydrogen-bond acceptors (Lipinski definition) is 4. The van der Waals surface area contributed by atoms with Gasteiger partial charge in [-0.2, -0.15) is 0 Å². The van der Waals surface area contributed by atoms with Gasteiger partial charge in [0.15, 0.2) is 0 Å². The van der Waals surface area contributed by atoms with E-state index in [1.165, 1.54) is 18.4 Å². The standard InChI is InChI=1S/C20H32N4O/c1-15(2)7-11-23-12-20(9-6-18(23)25)8-5-10-24(13-20)19-16(3)17(4)21-14-22-19/h14-15H,5-13H2,1-4H3. The number of rotatable bonds is 4. The van der Waals surface area contributed by atoms with Crippen LogP contribution in [0.25, 0.3) is 0 Å². The number of carbonyl (C=O) groups excluding carboxylic acids is 1. The number of hydrogen-bond donors (Lipinski definition) is 0. The van der Waals surface area contributed by atoms with Crippen LogP contribution in [0.4, 0.5) is 5.82 Å². The lowest BCUT2D eigenvalue weighted by Gasteiger charge is -2.49. The number of aryl methyl sites for hydroxylation is 1. The Morgan fingerprint density at radius 3 is 2.76 bits per heavy atom. The summed E-state index contributed by atoms with van der Waals surface area (Å²) in [7, 11) is 0. The van der Waals surface area contributed by atoms with Gasteiger partial charge in [-0.15, -0.1) is 0 Å². The molecule has 5 heteroatoms. The van der Waals surface area contributed by atoms with Crippen LogP contribution in [0.15, 0.2) is 6.33 Å². The molecule has 3 rings (SSSR count). The third kappa shape index (κ3) is 3.96. The smallest absolute Gasteiger partial charge is 0.222 e. The molecule has 2 aliphatic heterocycles. The van der Waals surface area contributed by atoms with Gasteiger partial charge in [0.25, 0.3) is 0 Å². The monoisotopic (exact) mass is 344 g/mol. The van der Waals surface area contributed by atoms with Gasteiger partial charge in [0.2, 0.25) is 5.91 Å². The van der Waals surface area contributed by atoms with Crippen LogP contribution in [0.3, 0.4) is 0 Å². The lowest BCUT2D eigenvalue weighted by atomic mass is 9.73. The maximum Gasteiger partial charge on any atom is 0.222 e. The highest BCUT2D eigenvalue weighted by Gasteiger charge is 2.42. The van der Waals surface area contributed by atoms with Crippen LogP contribution in [-0.2, 0) is 4.79 Å². The zero-order valence-corrected chi connectivity index (χ0v) is 16.2. The fourth-order valence-corrected chi connectivity index (χ4v) is 4.29. The van der Waals surface area contributed by atoms with Crippen LogP contribution in [0.5, 0.6) is 0 Å². The second-order valence-electron chi connectivity index (χ2n) is 8.43. The molecule has 1 spiro atoms. The highest BCUT2D eigenvalue weighted by atomic mass is 16.2. The highest BCUT2D eigenvalue weighted by molar-refractivity contribution is 5.77. The number of amides is 1. The average Bonchev–Trinajstić information content (AvgIpc) is 2.58. The van der Waals surface area contributed by atoms with Gasteiger partial charge >= 0.3 is 0 Å². The molecule has 0 N–H and O–H groups in total. The minimum Gasteiger partial charge on any atom is -0.356 e. The summed E-state index contributed by atoms with van der Waals surface area (Å²) >= 11 is 0. The van der Waals surface area contributed by atoms with Crippen LogP contribution >= 0.6 is 0 Å². The number of piperidine rings is 2. The second kappa shape index (κ2) is 7.30. The lowest BCUT2D eigenvalue weighted by molar-refractivity contribution is -0.138. The van der Waals surface area contributed by atoms with Crippen molar-refractivity contribution in [2.45, 2.75) is 59.8 Å². The zero-order chi connectivity index (χ0) is 18.0. The third-order valence-corrected chi connectivity index (χ3v) is 6.00. The van der Waals surface area contributed by atoms with Crippen molar-refractivity contribution in [2.75, 3.05) is 31.1 Å². The Morgan fingerprint density at radius 2 is 2.00 bits per heavy atom. The number of aromatic nitrogens is 2. The lowest BCUT2D eigenvalue weighted by Crippen LogP contribution is -2.54. The largest absolute Gasteiger partial charge is 0.356 e. The Balaban J connectivity index is 1.75. The van der Waals surface area contributed by atoms with E-state index >= 15 is 0 Å². The zero-order valence-electron chi connectivity index (χ0n) is 16.2.